The van der Waals surface area contributed by atoms with Crippen molar-refractivity contribution in [3.63, 3.8) is 0 Å². The number of phenolic OH excluding ortho intramolecular Hbond substituents is 1. The summed E-state index contributed by atoms with van der Waals surface area (Å²) in [5.41, 5.74) is 2.16. The fourth-order valence-electron chi connectivity index (χ4n) is 1.82. The minimum absolute atomic E-state index is 0.0177. The second-order valence-corrected chi connectivity index (χ2v) is 5.21. The molecule has 0 aliphatic heterocycles. The number of nitro groups is 1. The van der Waals surface area contributed by atoms with E-state index in [4.69, 9.17) is 0 Å². The molecule has 0 aliphatic carbocycles. The molecule has 0 amide bonds. The number of hydrogen-bond donors (Lipinski definition) is 2. The van der Waals surface area contributed by atoms with E-state index >= 15 is 0 Å². The van der Waals surface area contributed by atoms with Crippen LogP contribution in [0.5, 0.6) is 5.75 Å². The summed E-state index contributed by atoms with van der Waals surface area (Å²) < 4.78 is 0.732. The van der Waals surface area contributed by atoms with Crippen LogP contribution in [-0.4, -0.2) is 10.0 Å². The summed E-state index contributed by atoms with van der Waals surface area (Å²) in [6.45, 7) is 2.20. The van der Waals surface area contributed by atoms with Crippen molar-refractivity contribution in [2.24, 2.45) is 0 Å². The van der Waals surface area contributed by atoms with Crippen LogP contribution in [0.15, 0.2) is 40.9 Å². The summed E-state index contributed by atoms with van der Waals surface area (Å²) in [6, 6.07) is 9.99. The van der Waals surface area contributed by atoms with Crippen molar-refractivity contribution in [2.75, 3.05) is 5.32 Å². The number of halogens is 1. The van der Waals surface area contributed by atoms with Crippen LogP contribution in [0, 0.1) is 17.0 Å². The maximum absolute atomic E-state index is 10.8. The Bertz CT molecular complexity index is 659. The topological polar surface area (TPSA) is 75.4 Å². The number of non-ortho nitro benzene ring substituents is 1. The van der Waals surface area contributed by atoms with E-state index in [0.717, 1.165) is 15.6 Å². The highest BCUT2D eigenvalue weighted by Crippen LogP contribution is 2.29. The Morgan fingerprint density at radius 2 is 2.10 bits per heavy atom. The van der Waals surface area contributed by atoms with E-state index in [1.165, 1.54) is 12.1 Å². The number of aryl methyl sites for hydroxylation is 1. The Labute approximate surface area is 124 Å². The molecule has 5 nitrogen and oxygen atoms in total. The lowest BCUT2D eigenvalue weighted by molar-refractivity contribution is -0.384. The van der Waals surface area contributed by atoms with Crippen molar-refractivity contribution >= 4 is 27.3 Å². The van der Waals surface area contributed by atoms with Crippen LogP contribution in [0.1, 0.15) is 11.1 Å². The van der Waals surface area contributed by atoms with Gasteiger partial charge in [-0.3, -0.25) is 10.1 Å². The third-order valence-corrected chi connectivity index (χ3v) is 3.64. The average Bonchev–Trinajstić information content (AvgIpc) is 2.41. The minimum Gasteiger partial charge on any atom is -0.507 e. The largest absolute Gasteiger partial charge is 0.507 e. The molecule has 0 saturated heterocycles. The lowest BCUT2D eigenvalue weighted by Gasteiger charge is -2.11. The van der Waals surface area contributed by atoms with Crippen LogP contribution in [0.2, 0.25) is 0 Å². The van der Waals surface area contributed by atoms with Crippen LogP contribution >= 0.6 is 15.9 Å². The number of nitrogens with one attached hydrogen (secondary N) is 1. The molecule has 0 atom stereocenters. The first kappa shape index (κ1) is 14.3. The molecule has 2 aromatic carbocycles. The molecule has 2 aromatic rings. The van der Waals surface area contributed by atoms with Crippen LogP contribution < -0.4 is 5.32 Å². The van der Waals surface area contributed by atoms with E-state index in [9.17, 15) is 15.2 Å². The summed E-state index contributed by atoms with van der Waals surface area (Å²) in [6.07, 6.45) is 0. The third-order valence-electron chi connectivity index (χ3n) is 2.95. The number of para-hydroxylation sites is 1. The summed E-state index contributed by atoms with van der Waals surface area (Å²) in [5.74, 6) is 0.238. The lowest BCUT2D eigenvalue weighted by atomic mass is 10.1. The van der Waals surface area contributed by atoms with Gasteiger partial charge in [0.15, 0.2) is 0 Å². The maximum Gasteiger partial charge on any atom is 0.271 e. The number of nitro benzene ring substituents is 1. The van der Waals surface area contributed by atoms with Gasteiger partial charge < -0.3 is 10.4 Å². The quantitative estimate of drug-likeness (QED) is 0.654. The van der Waals surface area contributed by atoms with Gasteiger partial charge in [0, 0.05) is 28.7 Å². The fraction of sp³-hybridized carbons (Fsp3) is 0.143. The number of aromatic hydroxyl groups is 1. The molecular weight excluding hydrogens is 324 g/mol. The molecule has 0 aliphatic rings. The first-order chi connectivity index (χ1) is 9.49. The molecule has 0 bridgehead atoms. The van der Waals surface area contributed by atoms with Crippen molar-refractivity contribution < 1.29 is 10.0 Å². The van der Waals surface area contributed by atoms with Crippen molar-refractivity contribution in [3.05, 3.63) is 62.1 Å². The standard InChI is InChI=1S/C14H13BrN2O3/c1-9-3-2-4-10(14(9)18)8-16-13-7-11(17(19)20)5-6-12(13)15/h2-7,16,18H,8H2,1H3. The number of hydrogen-bond acceptors (Lipinski definition) is 4. The molecule has 104 valence electrons. The van der Waals surface area contributed by atoms with E-state index < -0.39 is 4.92 Å². The highest BCUT2D eigenvalue weighted by Gasteiger charge is 2.10. The minimum atomic E-state index is -0.443. The molecule has 20 heavy (non-hydrogen) atoms. The first-order valence-electron chi connectivity index (χ1n) is 5.94. The maximum atomic E-state index is 10.8. The van der Waals surface area contributed by atoms with Gasteiger partial charge in [0.25, 0.3) is 5.69 Å². The monoisotopic (exact) mass is 336 g/mol. The fourth-order valence-corrected chi connectivity index (χ4v) is 2.20. The number of benzene rings is 2. The smallest absolute Gasteiger partial charge is 0.271 e. The molecule has 2 N–H and O–H groups in total. The van der Waals surface area contributed by atoms with E-state index in [-0.39, 0.29) is 11.4 Å². The van der Waals surface area contributed by atoms with Crippen molar-refractivity contribution in [2.45, 2.75) is 13.5 Å². The predicted molar refractivity (Wildman–Crippen MR) is 81.0 cm³/mol. The van der Waals surface area contributed by atoms with Gasteiger partial charge in [-0.1, -0.05) is 18.2 Å². The molecule has 6 heteroatoms. The lowest BCUT2D eigenvalue weighted by Crippen LogP contribution is -2.01. The SMILES string of the molecule is Cc1cccc(CNc2cc([N+](=O)[O-])ccc2Br)c1O. The second-order valence-electron chi connectivity index (χ2n) is 4.36. The van der Waals surface area contributed by atoms with Gasteiger partial charge in [-0.05, 0) is 34.5 Å². The van der Waals surface area contributed by atoms with Gasteiger partial charge in [-0.15, -0.1) is 0 Å². The van der Waals surface area contributed by atoms with Crippen LogP contribution in [0.3, 0.4) is 0 Å². The number of anilines is 1. The van der Waals surface area contributed by atoms with Crippen molar-refractivity contribution in [1.29, 1.82) is 0 Å². The van der Waals surface area contributed by atoms with Gasteiger partial charge in [-0.2, -0.15) is 0 Å². The molecule has 2 rings (SSSR count). The van der Waals surface area contributed by atoms with Gasteiger partial charge in [0.05, 0.1) is 10.6 Å². The molecule has 0 radical (unpaired) electrons. The molecular formula is C14H13BrN2O3. The Balaban J connectivity index is 2.20. The summed E-state index contributed by atoms with van der Waals surface area (Å²) >= 11 is 3.34. The van der Waals surface area contributed by atoms with E-state index in [1.807, 2.05) is 19.1 Å². The Morgan fingerprint density at radius 3 is 2.80 bits per heavy atom. The van der Waals surface area contributed by atoms with Crippen molar-refractivity contribution in [3.8, 4) is 5.75 Å². The summed E-state index contributed by atoms with van der Waals surface area (Å²) in [7, 11) is 0. The summed E-state index contributed by atoms with van der Waals surface area (Å²) in [4.78, 5) is 10.3. The third kappa shape index (κ3) is 3.08. The summed E-state index contributed by atoms with van der Waals surface area (Å²) in [5, 5.41) is 23.8. The average molecular weight is 337 g/mol. The highest BCUT2D eigenvalue weighted by atomic mass is 79.9. The van der Waals surface area contributed by atoms with Gasteiger partial charge in [0.1, 0.15) is 5.75 Å². The predicted octanol–water partition coefficient (Wildman–Crippen LogP) is 3.98. The van der Waals surface area contributed by atoms with Crippen LogP contribution in [0.25, 0.3) is 0 Å². The van der Waals surface area contributed by atoms with Gasteiger partial charge in [-0.25, -0.2) is 0 Å². The normalized spacial score (nSPS) is 10.3. The molecule has 0 fully saturated rings. The zero-order chi connectivity index (χ0) is 14.7. The molecule has 0 unspecified atom stereocenters. The zero-order valence-electron chi connectivity index (χ0n) is 10.8. The number of nitrogens with zero attached hydrogens (tertiary/aromatic N) is 1. The molecule has 0 aromatic heterocycles. The Morgan fingerprint density at radius 1 is 1.35 bits per heavy atom. The number of phenols is 1. The number of rotatable bonds is 4. The molecule has 0 heterocycles. The Kier molecular flexibility index (Phi) is 4.24. The zero-order valence-corrected chi connectivity index (χ0v) is 12.3. The Hall–Kier alpha value is -2.08. The van der Waals surface area contributed by atoms with Crippen LogP contribution in [-0.2, 0) is 6.54 Å². The van der Waals surface area contributed by atoms with E-state index in [1.54, 1.807) is 12.1 Å². The van der Waals surface area contributed by atoms with Crippen molar-refractivity contribution in [1.82, 2.24) is 0 Å². The van der Waals surface area contributed by atoms with E-state index in [0.29, 0.717) is 12.2 Å². The molecule has 0 saturated carbocycles. The van der Waals surface area contributed by atoms with Crippen LogP contribution in [0.4, 0.5) is 11.4 Å². The second kappa shape index (κ2) is 5.92. The van der Waals surface area contributed by atoms with Gasteiger partial charge in [0.2, 0.25) is 0 Å². The first-order valence-corrected chi connectivity index (χ1v) is 6.73. The van der Waals surface area contributed by atoms with E-state index in [2.05, 4.69) is 21.2 Å². The molecule has 0 spiro atoms. The van der Waals surface area contributed by atoms with Gasteiger partial charge >= 0.3 is 0 Å². The highest BCUT2D eigenvalue weighted by molar-refractivity contribution is 9.10.